The van der Waals surface area contributed by atoms with E-state index in [9.17, 15) is 0 Å². The van der Waals surface area contributed by atoms with Crippen LogP contribution in [0.5, 0.6) is 0 Å². The molecule has 0 N–H and O–H groups in total. The van der Waals surface area contributed by atoms with Gasteiger partial charge in [-0.1, -0.05) is 72.8 Å². The molecule has 0 heterocycles. The van der Waals surface area contributed by atoms with Crippen molar-refractivity contribution in [1.82, 2.24) is 0 Å². The van der Waals surface area contributed by atoms with Gasteiger partial charge < -0.3 is 0 Å². The Morgan fingerprint density at radius 1 is 0.351 bits per heavy atom. The quantitative estimate of drug-likeness (QED) is 0.154. The van der Waals surface area contributed by atoms with Crippen molar-refractivity contribution in [2.75, 3.05) is 12.3 Å². The van der Waals surface area contributed by atoms with E-state index in [1.54, 1.807) is 0 Å². The number of hydrogen-bond acceptors (Lipinski definition) is 0. The molecule has 0 amide bonds. The van der Waals surface area contributed by atoms with Gasteiger partial charge in [0, 0.05) is 21.1 Å². The van der Waals surface area contributed by atoms with Crippen LogP contribution in [0.3, 0.4) is 0 Å². The van der Waals surface area contributed by atoms with Crippen molar-refractivity contribution in [2.45, 2.75) is 0 Å². The molecule has 0 aliphatic heterocycles. The minimum atomic E-state index is -0.783. The zero-order chi connectivity index (χ0) is 27.0. The average molecular weight is 696 g/mol. The molecule has 4 rings (SSSR count). The summed E-state index contributed by atoms with van der Waals surface area (Å²) < 4.78 is 30.0. The van der Waals surface area contributed by atoms with Crippen LogP contribution < -0.4 is 21.2 Å². The van der Waals surface area contributed by atoms with E-state index in [0.717, 1.165) is 0 Å². The molecule has 0 aliphatic rings. The van der Waals surface area contributed by atoms with Gasteiger partial charge in [-0.25, -0.2) is 0 Å². The van der Waals surface area contributed by atoms with Crippen molar-refractivity contribution < 1.29 is 39.7 Å². The fourth-order valence-electron chi connectivity index (χ4n) is 3.72. The maximum absolute atomic E-state index is 7.50. The zero-order valence-corrected chi connectivity index (χ0v) is 24.9. The van der Waals surface area contributed by atoms with Crippen LogP contribution in [0.2, 0.25) is 0 Å². The van der Waals surface area contributed by atoms with E-state index in [1.807, 2.05) is 0 Å². The van der Waals surface area contributed by atoms with E-state index in [-0.39, 0.29) is 21.1 Å². The molecule has 0 aliphatic carbocycles. The van der Waals surface area contributed by atoms with Gasteiger partial charge in [0.15, 0.2) is 0 Å². The van der Waals surface area contributed by atoms with Gasteiger partial charge in [0.05, 0.1) is 37.1 Å². The fraction of sp³-hybridized carbons (Fsp3) is 0.0667. The van der Waals surface area contributed by atoms with Crippen molar-refractivity contribution in [3.8, 4) is 0 Å². The predicted octanol–water partition coefficient (Wildman–Crippen LogP) is 4.56. The summed E-state index contributed by atoms with van der Waals surface area (Å²) in [5, 5.41) is 6.06. The van der Waals surface area contributed by atoms with E-state index >= 15 is 0 Å². The Labute approximate surface area is 236 Å². The molecule has 0 saturated heterocycles. The topological polar surface area (TPSA) is 79.6 Å². The van der Waals surface area contributed by atoms with Crippen molar-refractivity contribution >= 4 is 37.1 Å². The van der Waals surface area contributed by atoms with E-state index in [2.05, 4.69) is 148 Å². The maximum atomic E-state index is 7.50. The Balaban J connectivity index is 0. The molecule has 0 saturated carbocycles. The van der Waals surface area contributed by atoms with Crippen LogP contribution in [-0.4, -0.2) is 12.3 Å². The second-order valence-electron chi connectivity index (χ2n) is 6.92. The van der Waals surface area contributed by atoms with Crippen LogP contribution in [0, 0.1) is 26.6 Å². The van der Waals surface area contributed by atoms with Crippen molar-refractivity contribution in [2.24, 2.45) is 0 Å². The first-order chi connectivity index (χ1) is 17.9. The fourth-order valence-corrected chi connectivity index (χ4v) is 9.92. The third-order valence-electron chi connectivity index (χ3n) is 5.11. The van der Waals surface area contributed by atoms with Gasteiger partial charge in [-0.3, -0.25) is 0 Å². The van der Waals surface area contributed by atoms with Crippen molar-refractivity contribution in [3.05, 3.63) is 148 Å². The monoisotopic (exact) mass is 696 g/mol. The molecule has 0 spiro atoms. The molecule has 37 heavy (non-hydrogen) atoms. The summed E-state index contributed by atoms with van der Waals surface area (Å²) in [6, 6.07) is 44.5. The molecule has 4 nitrogen and oxygen atoms in total. The molecule has 0 bridgehead atoms. The van der Waals surface area contributed by atoms with Gasteiger partial charge in [-0.15, -0.1) is 0 Å². The number of hydrogen-bond donors (Lipinski definition) is 0. The van der Waals surface area contributed by atoms with Gasteiger partial charge in [0.2, 0.25) is 0 Å². The van der Waals surface area contributed by atoms with Gasteiger partial charge in [0.25, 0.3) is 0 Å². The summed E-state index contributed by atoms with van der Waals surface area (Å²) in [4.78, 5) is 0. The minimum Gasteiger partial charge on any atom is -0.0620 e. The largest absolute Gasteiger partial charge is 0.101 e. The molecule has 0 unspecified atom stereocenters. The average Bonchev–Trinajstić information content (AvgIpc) is 3.01. The molecule has 0 atom stereocenters. The molecular formula is C30H26O4P2W+2. The second-order valence-corrected chi connectivity index (χ2v) is 12.1. The Morgan fingerprint density at radius 2 is 0.514 bits per heavy atom. The van der Waals surface area contributed by atoms with E-state index < -0.39 is 15.8 Å². The Kier molecular flexibility index (Phi) is 24.7. The summed E-state index contributed by atoms with van der Waals surface area (Å²) in [5.41, 5.74) is 0. The number of rotatable bonds is 7. The number of benzene rings is 4. The summed E-state index contributed by atoms with van der Waals surface area (Å²) in [7, 11) is -1.57. The molecule has 4 aromatic carbocycles. The Hall–Kier alpha value is -2.61. The molecule has 0 fully saturated rings. The van der Waals surface area contributed by atoms with Gasteiger partial charge >= 0.3 is 45.2 Å². The van der Waals surface area contributed by atoms with Gasteiger partial charge in [-0.05, 0) is 48.5 Å². The first-order valence-corrected chi connectivity index (χ1v) is 14.1. The molecule has 184 valence electrons. The third-order valence-corrected chi connectivity index (χ3v) is 11.2. The van der Waals surface area contributed by atoms with Crippen molar-refractivity contribution in [1.29, 1.82) is 0 Å². The van der Waals surface area contributed by atoms with Crippen LogP contribution in [0.4, 0.5) is 0 Å². The molecule has 0 radical (unpaired) electrons. The minimum absolute atomic E-state index is 0. The van der Waals surface area contributed by atoms with Crippen LogP contribution in [0.1, 0.15) is 0 Å². The smallest absolute Gasteiger partial charge is 0.0620 e. The zero-order valence-electron chi connectivity index (χ0n) is 20.0. The van der Waals surface area contributed by atoms with Crippen molar-refractivity contribution in [3.63, 3.8) is 0 Å². The summed E-state index contributed by atoms with van der Waals surface area (Å²) in [6.07, 6.45) is 2.52. The summed E-state index contributed by atoms with van der Waals surface area (Å²) >= 11 is 0. The van der Waals surface area contributed by atoms with E-state index in [1.165, 1.54) is 33.5 Å². The van der Waals surface area contributed by atoms with E-state index in [4.69, 9.17) is 18.6 Å². The molecule has 4 aromatic rings. The van der Waals surface area contributed by atoms with Crippen LogP contribution in [0.15, 0.2) is 121 Å². The normalized spacial score (nSPS) is 8.59. The maximum Gasteiger partial charge on any atom is 0.101 e. The molecular weight excluding hydrogens is 670 g/mol. The first kappa shape index (κ1) is 36.5. The standard InChI is InChI=1S/C26H24P2.4CO.W/c1-5-13-23(14-6-1)27(24-15-7-2-8-16-24)21-22-28(25-17-9-3-10-18-25)26-19-11-4-12-20-26;4*1-2;/h1-20H,21-22H2;;;;;/p+2. The van der Waals surface area contributed by atoms with Gasteiger partial charge in [0.1, 0.15) is 12.3 Å². The Bertz CT molecular complexity index is 964. The first-order valence-electron chi connectivity index (χ1n) is 10.7. The molecule has 7 heteroatoms. The Morgan fingerprint density at radius 3 is 0.676 bits per heavy atom. The summed E-state index contributed by atoms with van der Waals surface area (Å²) in [6.45, 7) is 18.0. The van der Waals surface area contributed by atoms with Crippen LogP contribution in [-0.2, 0) is 39.7 Å². The van der Waals surface area contributed by atoms with Gasteiger partial charge in [-0.2, -0.15) is 0 Å². The predicted molar refractivity (Wildman–Crippen MR) is 146 cm³/mol. The molecule has 0 aromatic heterocycles. The third kappa shape index (κ3) is 13.0. The van der Waals surface area contributed by atoms with Crippen LogP contribution >= 0.6 is 15.8 Å². The van der Waals surface area contributed by atoms with Crippen LogP contribution in [0.25, 0.3) is 0 Å². The summed E-state index contributed by atoms with van der Waals surface area (Å²) in [5.74, 6) is 0. The SMILES string of the molecule is [C-]#[O+].[C-]#[O+].[C-]#[O+].[C-]#[O+].[W].c1ccc([PH+](CC[PH+](c2ccccc2)c2ccccc2)c2ccccc2)cc1. The van der Waals surface area contributed by atoms with E-state index in [0.29, 0.717) is 0 Å². The second kappa shape index (κ2) is 25.1.